The third-order valence-corrected chi connectivity index (χ3v) is 3.99. The van der Waals surface area contributed by atoms with E-state index < -0.39 is 0 Å². The molecule has 0 unspecified atom stereocenters. The second-order valence-corrected chi connectivity index (χ2v) is 6.57. The van der Waals surface area contributed by atoms with E-state index in [0.717, 1.165) is 31.3 Å². The predicted molar refractivity (Wildman–Crippen MR) is 92.3 cm³/mol. The molecule has 0 radical (unpaired) electrons. The average Bonchev–Trinajstić information content (AvgIpc) is 2.37. The van der Waals surface area contributed by atoms with Gasteiger partial charge in [-0.25, -0.2) is 0 Å². The summed E-state index contributed by atoms with van der Waals surface area (Å²) < 4.78 is 0. The lowest BCUT2D eigenvalue weighted by Crippen LogP contribution is -2.08. The lowest BCUT2D eigenvalue weighted by atomic mass is 9.93. The Morgan fingerprint density at radius 1 is 0.857 bits per heavy atom. The predicted octanol–water partition coefficient (Wildman–Crippen LogP) is 5.94. The summed E-state index contributed by atoms with van der Waals surface area (Å²) in [6.07, 6.45) is 13.6. The Kier molecular flexibility index (Phi) is 7.42. The number of hydrogen-bond acceptors (Lipinski definition) is 1. The summed E-state index contributed by atoms with van der Waals surface area (Å²) in [6.45, 7) is 10.6. The lowest BCUT2D eigenvalue weighted by molar-refractivity contribution is -0.115. The van der Waals surface area contributed by atoms with Gasteiger partial charge in [0, 0.05) is 6.42 Å². The van der Waals surface area contributed by atoms with Crippen molar-refractivity contribution < 1.29 is 4.79 Å². The largest absolute Gasteiger partial charge is 0.294 e. The van der Waals surface area contributed by atoms with Crippen molar-refractivity contribution in [3.05, 3.63) is 46.6 Å². The van der Waals surface area contributed by atoms with Crippen molar-refractivity contribution in [2.45, 2.75) is 66.7 Å². The van der Waals surface area contributed by atoms with Crippen LogP contribution in [0.5, 0.6) is 0 Å². The molecule has 1 heteroatoms. The van der Waals surface area contributed by atoms with E-state index in [1.54, 1.807) is 0 Å². The highest BCUT2D eigenvalue weighted by Gasteiger charge is 2.13. The molecule has 0 fully saturated rings. The SMILES string of the molecule is CC1=CC=C(C(C)C)C(=O)CC(C)=CCCC(C)=CCC1. The highest BCUT2D eigenvalue weighted by Crippen LogP contribution is 2.19. The molecule has 1 nitrogen and oxygen atoms in total. The molecular formula is C20H30O. The summed E-state index contributed by atoms with van der Waals surface area (Å²) >= 11 is 0. The molecule has 0 heterocycles. The molecule has 0 N–H and O–H groups in total. The number of rotatable bonds is 1. The first kappa shape index (κ1) is 17.7. The maximum absolute atomic E-state index is 12.5. The smallest absolute Gasteiger partial charge is 0.163 e. The van der Waals surface area contributed by atoms with Crippen molar-refractivity contribution in [2.75, 3.05) is 0 Å². The van der Waals surface area contributed by atoms with E-state index in [0.29, 0.717) is 6.42 Å². The molecular weight excluding hydrogens is 256 g/mol. The van der Waals surface area contributed by atoms with Gasteiger partial charge in [0.05, 0.1) is 0 Å². The highest BCUT2D eigenvalue weighted by atomic mass is 16.1. The van der Waals surface area contributed by atoms with E-state index in [-0.39, 0.29) is 11.7 Å². The molecule has 0 bridgehead atoms. The summed E-state index contributed by atoms with van der Waals surface area (Å²) in [4.78, 5) is 12.5. The van der Waals surface area contributed by atoms with Crippen molar-refractivity contribution in [2.24, 2.45) is 5.92 Å². The molecule has 0 amide bonds. The van der Waals surface area contributed by atoms with Crippen LogP contribution in [0.15, 0.2) is 46.6 Å². The first-order valence-corrected chi connectivity index (χ1v) is 8.12. The quantitative estimate of drug-likeness (QED) is 0.545. The molecule has 0 aromatic rings. The molecule has 1 rings (SSSR count). The standard InChI is InChI=1S/C20H30O/c1-15(2)19-13-12-17(4)10-6-8-16(3)9-7-11-18(5)14-20(19)21/h8,11-13,15H,6-7,9-10,14H2,1-5H3. The molecule has 116 valence electrons. The summed E-state index contributed by atoms with van der Waals surface area (Å²) in [6, 6.07) is 0. The van der Waals surface area contributed by atoms with Gasteiger partial charge in [-0.2, -0.15) is 0 Å². The van der Waals surface area contributed by atoms with Crippen LogP contribution in [0.3, 0.4) is 0 Å². The van der Waals surface area contributed by atoms with Gasteiger partial charge < -0.3 is 0 Å². The fourth-order valence-corrected chi connectivity index (χ4v) is 2.54. The molecule has 21 heavy (non-hydrogen) atoms. The van der Waals surface area contributed by atoms with Gasteiger partial charge in [-0.05, 0) is 57.9 Å². The van der Waals surface area contributed by atoms with Crippen LogP contribution >= 0.6 is 0 Å². The van der Waals surface area contributed by atoms with E-state index in [2.05, 4.69) is 52.8 Å². The Labute approximate surface area is 130 Å². The molecule has 1 aliphatic rings. The lowest BCUT2D eigenvalue weighted by Gasteiger charge is -2.11. The van der Waals surface area contributed by atoms with E-state index in [1.165, 1.54) is 16.7 Å². The van der Waals surface area contributed by atoms with Crippen molar-refractivity contribution in [1.29, 1.82) is 0 Å². The number of ketones is 1. The number of Topliss-reactive ketones (excluding diaryl/α,β-unsaturated/α-hetero) is 1. The maximum Gasteiger partial charge on any atom is 0.163 e. The second kappa shape index (κ2) is 8.81. The molecule has 0 aliphatic heterocycles. The van der Waals surface area contributed by atoms with E-state index >= 15 is 0 Å². The zero-order chi connectivity index (χ0) is 15.8. The minimum absolute atomic E-state index is 0.270. The number of carbonyl (C=O) groups excluding carboxylic acids is 1. The van der Waals surface area contributed by atoms with Gasteiger partial charge in [-0.1, -0.05) is 54.9 Å². The minimum Gasteiger partial charge on any atom is -0.294 e. The van der Waals surface area contributed by atoms with Gasteiger partial charge in [-0.3, -0.25) is 4.79 Å². The first-order valence-electron chi connectivity index (χ1n) is 8.12. The van der Waals surface area contributed by atoms with Crippen LogP contribution in [0.2, 0.25) is 0 Å². The highest BCUT2D eigenvalue weighted by molar-refractivity contribution is 5.97. The van der Waals surface area contributed by atoms with Crippen LogP contribution in [-0.4, -0.2) is 5.78 Å². The minimum atomic E-state index is 0.270. The molecule has 0 aromatic heterocycles. The molecule has 0 saturated heterocycles. The summed E-state index contributed by atoms with van der Waals surface area (Å²) in [5.74, 6) is 0.552. The van der Waals surface area contributed by atoms with Gasteiger partial charge in [-0.15, -0.1) is 0 Å². The fourth-order valence-electron chi connectivity index (χ4n) is 2.54. The van der Waals surface area contributed by atoms with E-state index in [1.807, 2.05) is 6.08 Å². The zero-order valence-corrected chi connectivity index (χ0v) is 14.3. The van der Waals surface area contributed by atoms with Crippen molar-refractivity contribution in [3.8, 4) is 0 Å². The van der Waals surface area contributed by atoms with Crippen LogP contribution < -0.4 is 0 Å². The molecule has 0 aromatic carbocycles. The monoisotopic (exact) mass is 286 g/mol. The number of carbonyl (C=O) groups is 1. The van der Waals surface area contributed by atoms with E-state index in [9.17, 15) is 4.79 Å². The van der Waals surface area contributed by atoms with Crippen LogP contribution in [0, 0.1) is 5.92 Å². The molecule has 1 aliphatic carbocycles. The normalized spacial score (nSPS) is 19.4. The summed E-state index contributed by atoms with van der Waals surface area (Å²) in [5.41, 5.74) is 4.94. The topological polar surface area (TPSA) is 17.1 Å². The Bertz CT molecular complexity index is 484. The van der Waals surface area contributed by atoms with Gasteiger partial charge >= 0.3 is 0 Å². The van der Waals surface area contributed by atoms with Crippen LogP contribution in [-0.2, 0) is 4.79 Å². The zero-order valence-electron chi connectivity index (χ0n) is 14.3. The van der Waals surface area contributed by atoms with Crippen molar-refractivity contribution >= 4 is 5.78 Å². The van der Waals surface area contributed by atoms with Crippen molar-refractivity contribution in [3.63, 3.8) is 0 Å². The van der Waals surface area contributed by atoms with Gasteiger partial charge in [0.15, 0.2) is 5.78 Å². The van der Waals surface area contributed by atoms with Crippen LogP contribution in [0.1, 0.15) is 66.7 Å². The second-order valence-electron chi connectivity index (χ2n) is 6.57. The summed E-state index contributed by atoms with van der Waals surface area (Å²) in [7, 11) is 0. The fraction of sp³-hybridized carbons (Fsp3) is 0.550. The Morgan fingerprint density at radius 3 is 2.05 bits per heavy atom. The van der Waals surface area contributed by atoms with Gasteiger partial charge in [0.25, 0.3) is 0 Å². The molecule has 0 spiro atoms. The Morgan fingerprint density at radius 2 is 1.43 bits per heavy atom. The molecule has 0 saturated carbocycles. The average molecular weight is 286 g/mol. The molecule has 0 atom stereocenters. The first-order chi connectivity index (χ1) is 9.90. The number of hydrogen-bond donors (Lipinski definition) is 0. The Balaban J connectivity index is 3.03. The Hall–Kier alpha value is -1.37. The number of allylic oxidation sites excluding steroid dienone is 8. The van der Waals surface area contributed by atoms with E-state index in [4.69, 9.17) is 0 Å². The third kappa shape index (κ3) is 6.75. The third-order valence-electron chi connectivity index (χ3n) is 3.99. The van der Waals surface area contributed by atoms with Gasteiger partial charge in [0.1, 0.15) is 0 Å². The van der Waals surface area contributed by atoms with Crippen molar-refractivity contribution in [1.82, 2.24) is 0 Å². The summed E-state index contributed by atoms with van der Waals surface area (Å²) in [5, 5.41) is 0. The van der Waals surface area contributed by atoms with Crippen LogP contribution in [0.25, 0.3) is 0 Å². The maximum atomic E-state index is 12.5. The van der Waals surface area contributed by atoms with Gasteiger partial charge in [0.2, 0.25) is 0 Å². The van der Waals surface area contributed by atoms with Crippen LogP contribution in [0.4, 0.5) is 0 Å².